The molecule has 19 heavy (non-hydrogen) atoms. The highest BCUT2D eigenvalue weighted by Gasteiger charge is 2.37. The molecule has 0 spiro atoms. The second-order valence-corrected chi connectivity index (χ2v) is 7.11. The molecule has 1 amide bonds. The topological polar surface area (TPSA) is 80.5 Å². The Hall–Kier alpha value is -1.56. The zero-order valence-corrected chi connectivity index (χ0v) is 11.7. The van der Waals surface area contributed by atoms with Gasteiger partial charge in [-0.1, -0.05) is 18.6 Å². The molecule has 1 saturated heterocycles. The van der Waals surface area contributed by atoms with Crippen molar-refractivity contribution in [3.8, 4) is 0 Å². The predicted molar refractivity (Wildman–Crippen MR) is 75.7 cm³/mol. The lowest BCUT2D eigenvalue weighted by Gasteiger charge is -2.27. The van der Waals surface area contributed by atoms with E-state index >= 15 is 0 Å². The maximum Gasteiger partial charge on any atom is 0.245 e. The molecule has 6 heteroatoms. The molecule has 1 aromatic carbocycles. The van der Waals surface area contributed by atoms with Crippen LogP contribution in [0, 0.1) is 0 Å². The maximum absolute atomic E-state index is 12.4. The van der Waals surface area contributed by atoms with Gasteiger partial charge in [-0.15, -0.1) is 0 Å². The van der Waals surface area contributed by atoms with Crippen LogP contribution in [0.3, 0.4) is 0 Å². The van der Waals surface area contributed by atoms with Gasteiger partial charge in [-0.25, -0.2) is 8.42 Å². The van der Waals surface area contributed by atoms with Crippen LogP contribution in [0.25, 0.3) is 0 Å². The molecule has 1 aliphatic heterocycles. The van der Waals surface area contributed by atoms with Crippen molar-refractivity contribution in [3.05, 3.63) is 24.3 Å². The van der Waals surface area contributed by atoms with Crippen LogP contribution < -0.4 is 10.6 Å². The average Bonchev–Trinajstić information content (AvgIpc) is 2.37. The Balaban J connectivity index is 2.27. The summed E-state index contributed by atoms with van der Waals surface area (Å²) in [5.41, 5.74) is 6.83. The van der Waals surface area contributed by atoms with Gasteiger partial charge >= 0.3 is 0 Å². The molecule has 0 radical (unpaired) electrons. The van der Waals surface area contributed by atoms with E-state index < -0.39 is 21.0 Å². The number of hydrogen-bond acceptors (Lipinski definition) is 4. The normalized spacial score (nSPS) is 21.8. The predicted octanol–water partition coefficient (Wildman–Crippen LogP) is 1.20. The first-order valence-electron chi connectivity index (χ1n) is 6.27. The summed E-state index contributed by atoms with van der Waals surface area (Å²) < 4.78 is 23.9. The fourth-order valence-electron chi connectivity index (χ4n) is 2.36. The van der Waals surface area contributed by atoms with Crippen LogP contribution in [-0.4, -0.2) is 32.4 Å². The van der Waals surface area contributed by atoms with Crippen LogP contribution in [0.2, 0.25) is 0 Å². The van der Waals surface area contributed by atoms with Crippen molar-refractivity contribution in [1.29, 1.82) is 0 Å². The summed E-state index contributed by atoms with van der Waals surface area (Å²) in [5.74, 6) is -0.292. The third-order valence-electron chi connectivity index (χ3n) is 3.48. The van der Waals surface area contributed by atoms with Crippen LogP contribution in [0.5, 0.6) is 0 Å². The summed E-state index contributed by atoms with van der Waals surface area (Å²) in [6.45, 7) is 0. The summed E-state index contributed by atoms with van der Waals surface area (Å²) in [5, 5.41) is -0.925. The number of nitrogens with two attached hydrogens (primary N) is 1. The fourth-order valence-corrected chi connectivity index (χ4v) is 4.24. The van der Waals surface area contributed by atoms with Crippen LogP contribution >= 0.6 is 0 Å². The summed E-state index contributed by atoms with van der Waals surface area (Å²) in [4.78, 5) is 13.7. The zero-order chi connectivity index (χ0) is 14.0. The highest BCUT2D eigenvalue weighted by atomic mass is 32.2. The van der Waals surface area contributed by atoms with E-state index in [1.165, 1.54) is 4.90 Å². The van der Waals surface area contributed by atoms with Gasteiger partial charge in [0, 0.05) is 7.05 Å². The number of sulfone groups is 1. The number of hydrogen-bond donors (Lipinski definition) is 1. The van der Waals surface area contributed by atoms with Gasteiger partial charge < -0.3 is 10.6 Å². The van der Waals surface area contributed by atoms with Crippen LogP contribution in [0.4, 0.5) is 11.4 Å². The number of carbonyl (C=O) groups is 1. The summed E-state index contributed by atoms with van der Waals surface area (Å²) in [6, 6.07) is 6.94. The molecular formula is C13H18N2O3S. The smallest absolute Gasteiger partial charge is 0.245 e. The summed E-state index contributed by atoms with van der Waals surface area (Å²) >= 11 is 0. The lowest BCUT2D eigenvalue weighted by Crippen LogP contribution is -2.44. The molecule has 104 valence electrons. The van der Waals surface area contributed by atoms with Crippen molar-refractivity contribution < 1.29 is 13.2 Å². The number of carbonyl (C=O) groups excluding carboxylic acids is 1. The molecule has 2 rings (SSSR count). The maximum atomic E-state index is 12.4. The van der Waals surface area contributed by atoms with Crippen molar-refractivity contribution >= 4 is 27.1 Å². The molecule has 1 atom stereocenters. The lowest BCUT2D eigenvalue weighted by atomic mass is 10.1. The molecule has 0 aliphatic carbocycles. The number of anilines is 2. The molecule has 1 aromatic rings. The van der Waals surface area contributed by atoms with E-state index in [2.05, 4.69) is 0 Å². The van der Waals surface area contributed by atoms with E-state index in [4.69, 9.17) is 5.73 Å². The molecule has 2 N–H and O–H groups in total. The Morgan fingerprint density at radius 1 is 1.32 bits per heavy atom. The van der Waals surface area contributed by atoms with Crippen molar-refractivity contribution in [2.75, 3.05) is 23.4 Å². The van der Waals surface area contributed by atoms with Gasteiger partial charge in [0.2, 0.25) is 5.91 Å². The molecule has 0 aromatic heterocycles. The zero-order valence-electron chi connectivity index (χ0n) is 10.9. The van der Waals surface area contributed by atoms with Crippen LogP contribution in [-0.2, 0) is 14.6 Å². The van der Waals surface area contributed by atoms with Gasteiger partial charge in [0.15, 0.2) is 9.84 Å². The third-order valence-corrected chi connectivity index (χ3v) is 5.64. The van der Waals surface area contributed by atoms with Crippen molar-refractivity contribution in [2.45, 2.75) is 24.5 Å². The lowest BCUT2D eigenvalue weighted by molar-refractivity contribution is -0.118. The van der Waals surface area contributed by atoms with E-state index in [0.717, 1.165) is 6.42 Å². The number of rotatable bonds is 2. The second kappa shape index (κ2) is 5.21. The van der Waals surface area contributed by atoms with E-state index in [1.54, 1.807) is 31.3 Å². The third kappa shape index (κ3) is 2.73. The quantitative estimate of drug-likeness (QED) is 0.826. The summed E-state index contributed by atoms with van der Waals surface area (Å²) in [7, 11) is -1.75. The number of nitrogen functional groups attached to an aromatic ring is 1. The highest BCUT2D eigenvalue weighted by Crippen LogP contribution is 2.26. The SMILES string of the molecule is CN(C(=O)C1CCCCS1(=O)=O)c1ccccc1N. The molecule has 1 unspecified atom stereocenters. The van der Waals surface area contributed by atoms with Crippen molar-refractivity contribution in [2.24, 2.45) is 0 Å². The Kier molecular flexibility index (Phi) is 3.80. The van der Waals surface area contributed by atoms with Crippen molar-refractivity contribution in [3.63, 3.8) is 0 Å². The Bertz CT molecular complexity index is 583. The number of nitrogens with zero attached hydrogens (tertiary/aromatic N) is 1. The number of amides is 1. The van der Waals surface area contributed by atoms with Crippen LogP contribution in [0.15, 0.2) is 24.3 Å². The highest BCUT2D eigenvalue weighted by molar-refractivity contribution is 7.92. The first-order chi connectivity index (χ1) is 8.93. The van der Waals surface area contributed by atoms with Gasteiger partial charge in [-0.05, 0) is 25.0 Å². The van der Waals surface area contributed by atoms with Gasteiger partial charge in [0.05, 0.1) is 17.1 Å². The minimum Gasteiger partial charge on any atom is -0.397 e. The standard InChI is InChI=1S/C13H18N2O3S/c1-15(11-7-3-2-6-10(11)14)13(16)12-8-4-5-9-19(12,17)18/h2-3,6-7,12H,4-5,8-9,14H2,1H3. The van der Waals surface area contributed by atoms with E-state index in [9.17, 15) is 13.2 Å². The summed E-state index contributed by atoms with van der Waals surface area (Å²) in [6.07, 6.45) is 1.81. The number of para-hydroxylation sites is 2. The monoisotopic (exact) mass is 282 g/mol. The van der Waals surface area contributed by atoms with E-state index in [1.807, 2.05) is 0 Å². The number of benzene rings is 1. The molecule has 1 aliphatic rings. The molecule has 0 bridgehead atoms. The largest absolute Gasteiger partial charge is 0.397 e. The van der Waals surface area contributed by atoms with Crippen LogP contribution in [0.1, 0.15) is 19.3 Å². The van der Waals surface area contributed by atoms with Gasteiger partial charge in [-0.3, -0.25) is 4.79 Å². The molecule has 1 heterocycles. The fraction of sp³-hybridized carbons (Fsp3) is 0.462. The molecule has 5 nitrogen and oxygen atoms in total. The average molecular weight is 282 g/mol. The van der Waals surface area contributed by atoms with Gasteiger partial charge in [-0.2, -0.15) is 0 Å². The van der Waals surface area contributed by atoms with E-state index in [-0.39, 0.29) is 5.75 Å². The Morgan fingerprint density at radius 2 is 2.00 bits per heavy atom. The van der Waals surface area contributed by atoms with Crippen molar-refractivity contribution in [1.82, 2.24) is 0 Å². The first kappa shape index (κ1) is 13.9. The minimum atomic E-state index is -3.32. The van der Waals surface area contributed by atoms with E-state index in [0.29, 0.717) is 24.2 Å². The first-order valence-corrected chi connectivity index (χ1v) is 7.98. The Morgan fingerprint density at radius 3 is 2.63 bits per heavy atom. The molecule has 0 saturated carbocycles. The minimum absolute atomic E-state index is 0.0987. The Labute approximate surface area is 113 Å². The van der Waals surface area contributed by atoms with Gasteiger partial charge in [0.1, 0.15) is 5.25 Å². The molecular weight excluding hydrogens is 264 g/mol. The van der Waals surface area contributed by atoms with Gasteiger partial charge in [0.25, 0.3) is 0 Å². The second-order valence-electron chi connectivity index (χ2n) is 4.81. The molecule has 1 fully saturated rings.